The normalized spacial score (nSPS) is 13.5. The summed E-state index contributed by atoms with van der Waals surface area (Å²) < 4.78 is 55.8. The molecule has 0 atom stereocenters. The molecular weight excluding hydrogens is 751 g/mol. The lowest BCUT2D eigenvalue weighted by atomic mass is 9.77. The van der Waals surface area contributed by atoms with E-state index in [2.05, 4.69) is 10.6 Å². The van der Waals surface area contributed by atoms with Crippen LogP contribution in [-0.2, 0) is 48.2 Å². The minimum atomic E-state index is -1.33. The number of hydrogen-bond donors (Lipinski definition) is 5. The first-order valence-corrected chi connectivity index (χ1v) is 18.9. The molecule has 2 aliphatic rings. The van der Waals surface area contributed by atoms with Crippen LogP contribution in [0, 0.1) is 0 Å². The van der Waals surface area contributed by atoms with E-state index in [1.165, 1.54) is 24.3 Å². The lowest BCUT2D eigenvalue weighted by molar-refractivity contribution is -0.0228. The lowest BCUT2D eigenvalue weighted by Gasteiger charge is -2.36. The predicted octanol–water partition coefficient (Wildman–Crippen LogP) is 3.04. The summed E-state index contributed by atoms with van der Waals surface area (Å²) in [5.41, 5.74) is 6.65. The average Bonchev–Trinajstić information content (AvgIpc) is 3.47. The van der Waals surface area contributed by atoms with E-state index >= 15 is 0 Å². The van der Waals surface area contributed by atoms with Crippen molar-refractivity contribution in [3.8, 4) is 23.0 Å². The molecule has 306 valence electrons. The summed E-state index contributed by atoms with van der Waals surface area (Å²) in [6.07, 6.45) is 0. The third-order valence-corrected chi connectivity index (χ3v) is 8.68. The van der Waals surface area contributed by atoms with Gasteiger partial charge in [-0.15, -0.1) is 0 Å². The second-order valence-electron chi connectivity index (χ2n) is 12.4. The van der Waals surface area contributed by atoms with Crippen molar-refractivity contribution in [1.82, 2.24) is 5.32 Å². The van der Waals surface area contributed by atoms with Crippen molar-refractivity contribution in [2.75, 3.05) is 124 Å². The molecule has 0 radical (unpaired) electrons. The molecular formula is C39H51N3O13S. The lowest BCUT2D eigenvalue weighted by Crippen LogP contribution is -2.33. The van der Waals surface area contributed by atoms with Crippen LogP contribution in [0.2, 0.25) is 0 Å². The van der Waals surface area contributed by atoms with Gasteiger partial charge in [0, 0.05) is 47.6 Å². The Morgan fingerprint density at radius 3 is 1.50 bits per heavy atom. The molecule has 0 saturated heterocycles. The highest BCUT2D eigenvalue weighted by Gasteiger charge is 2.53. The van der Waals surface area contributed by atoms with Crippen molar-refractivity contribution in [3.63, 3.8) is 0 Å². The van der Waals surface area contributed by atoms with Crippen LogP contribution >= 0.6 is 12.2 Å². The number of carbonyl (C=O) groups is 1. The van der Waals surface area contributed by atoms with Crippen LogP contribution in [-0.4, -0.2) is 140 Å². The Balaban J connectivity index is 0.872. The van der Waals surface area contributed by atoms with Crippen LogP contribution in [0.4, 0.5) is 5.69 Å². The highest BCUT2D eigenvalue weighted by Crippen LogP contribution is 2.57. The van der Waals surface area contributed by atoms with Gasteiger partial charge in [-0.2, -0.15) is 0 Å². The van der Waals surface area contributed by atoms with E-state index in [0.29, 0.717) is 163 Å². The summed E-state index contributed by atoms with van der Waals surface area (Å²) in [6.45, 7) is 8.63. The fourth-order valence-electron chi connectivity index (χ4n) is 5.92. The standard InChI is InChI=1S/C39H51N3O13S/c40-7-9-46-11-13-48-15-17-50-19-21-52-23-24-53-22-20-51-18-16-49-14-12-47-10-8-41-38(56)42-28-1-4-32-31(25-28)37(45)55-39(32)33-5-2-29(43)26-35(33)54-36-27-30(44)3-6-34(36)39/h1-6,25-27,43-44H,7-24,40H2,(H2,41,42,56). The van der Waals surface area contributed by atoms with Gasteiger partial charge in [0.1, 0.15) is 23.0 Å². The van der Waals surface area contributed by atoms with Crippen molar-refractivity contribution in [2.45, 2.75) is 5.60 Å². The summed E-state index contributed by atoms with van der Waals surface area (Å²) in [7, 11) is 0. The fraction of sp³-hybridized carbons (Fsp3) is 0.487. The number of nitrogens with two attached hydrogens (primary N) is 1. The summed E-state index contributed by atoms with van der Waals surface area (Å²) in [5.74, 6) is 0.0727. The van der Waals surface area contributed by atoms with Gasteiger partial charge in [0.2, 0.25) is 0 Å². The number of aromatic hydroxyl groups is 2. The summed E-state index contributed by atoms with van der Waals surface area (Å²) >= 11 is 5.46. The number of nitrogens with one attached hydrogen (secondary N) is 2. The van der Waals surface area contributed by atoms with Gasteiger partial charge < -0.3 is 73.9 Å². The Hall–Kier alpha value is -4.14. The monoisotopic (exact) mass is 801 g/mol. The van der Waals surface area contributed by atoms with Crippen molar-refractivity contribution < 1.29 is 62.4 Å². The number of ether oxygens (including phenoxy) is 10. The van der Waals surface area contributed by atoms with E-state index < -0.39 is 11.6 Å². The molecule has 2 heterocycles. The number of thiocarbonyl (C=S) groups is 1. The van der Waals surface area contributed by atoms with Gasteiger partial charge >= 0.3 is 5.97 Å². The van der Waals surface area contributed by atoms with Crippen molar-refractivity contribution in [1.29, 1.82) is 0 Å². The molecule has 0 amide bonds. The third-order valence-electron chi connectivity index (χ3n) is 8.43. The molecule has 0 unspecified atom stereocenters. The van der Waals surface area contributed by atoms with Crippen LogP contribution < -0.4 is 21.1 Å². The maximum absolute atomic E-state index is 13.3. The zero-order valence-corrected chi connectivity index (χ0v) is 32.1. The first kappa shape index (κ1) is 43.0. The highest BCUT2D eigenvalue weighted by atomic mass is 32.1. The van der Waals surface area contributed by atoms with Crippen molar-refractivity contribution in [3.05, 3.63) is 76.9 Å². The van der Waals surface area contributed by atoms with E-state index in [-0.39, 0.29) is 11.5 Å². The van der Waals surface area contributed by atoms with Gasteiger partial charge in [-0.05, 0) is 48.6 Å². The number of phenolic OH excluding ortho intramolecular Hbond substituents is 2. The van der Waals surface area contributed by atoms with E-state index in [0.717, 1.165) is 0 Å². The number of fused-ring (bicyclic) bond motifs is 6. The van der Waals surface area contributed by atoms with Crippen LogP contribution in [0.1, 0.15) is 27.0 Å². The maximum Gasteiger partial charge on any atom is 0.340 e. The number of phenols is 2. The molecule has 3 aromatic carbocycles. The van der Waals surface area contributed by atoms with E-state index in [1.807, 2.05) is 0 Å². The van der Waals surface area contributed by atoms with Crippen molar-refractivity contribution >= 4 is 29.0 Å². The van der Waals surface area contributed by atoms with E-state index in [1.54, 1.807) is 30.3 Å². The van der Waals surface area contributed by atoms with E-state index in [9.17, 15) is 15.0 Å². The molecule has 0 fully saturated rings. The zero-order valence-electron chi connectivity index (χ0n) is 31.3. The second kappa shape index (κ2) is 23.2. The van der Waals surface area contributed by atoms with Gasteiger partial charge in [-0.3, -0.25) is 0 Å². The first-order valence-electron chi connectivity index (χ1n) is 18.5. The van der Waals surface area contributed by atoms with Gasteiger partial charge in [0.25, 0.3) is 0 Å². The Bertz CT molecular complexity index is 1650. The Morgan fingerprint density at radius 1 is 0.607 bits per heavy atom. The van der Waals surface area contributed by atoms with Gasteiger partial charge in [-0.1, -0.05) is 6.07 Å². The molecule has 1 spiro atoms. The molecule has 5 rings (SSSR count). The predicted molar refractivity (Wildman–Crippen MR) is 208 cm³/mol. The maximum atomic E-state index is 13.3. The molecule has 2 aliphatic heterocycles. The first-order chi connectivity index (χ1) is 27.4. The largest absolute Gasteiger partial charge is 0.508 e. The molecule has 0 aliphatic carbocycles. The van der Waals surface area contributed by atoms with Crippen LogP contribution in [0.15, 0.2) is 54.6 Å². The minimum Gasteiger partial charge on any atom is -0.508 e. The fourth-order valence-corrected chi connectivity index (χ4v) is 6.14. The number of anilines is 1. The van der Waals surface area contributed by atoms with Crippen LogP contribution in [0.25, 0.3) is 0 Å². The molecule has 0 saturated carbocycles. The SMILES string of the molecule is NCCOCCOCCOCCOCCOCCOCCOCCOCCNC(=S)Nc1ccc2c(c1)C(=O)OC21c2ccc(O)cc2Oc2cc(O)ccc21. The van der Waals surface area contributed by atoms with Gasteiger partial charge in [0.15, 0.2) is 10.7 Å². The Labute approximate surface area is 331 Å². The second-order valence-corrected chi connectivity index (χ2v) is 12.8. The minimum absolute atomic E-state index is 0.0107. The number of rotatable bonds is 27. The number of hydrogen-bond acceptors (Lipinski definition) is 15. The summed E-state index contributed by atoms with van der Waals surface area (Å²) in [4.78, 5) is 13.3. The molecule has 56 heavy (non-hydrogen) atoms. The zero-order chi connectivity index (χ0) is 39.4. The van der Waals surface area contributed by atoms with Crippen LogP contribution in [0.5, 0.6) is 23.0 Å². The Morgan fingerprint density at radius 2 is 1.04 bits per heavy atom. The van der Waals surface area contributed by atoms with Crippen LogP contribution in [0.3, 0.4) is 0 Å². The average molecular weight is 802 g/mol. The molecule has 16 nitrogen and oxygen atoms in total. The third kappa shape index (κ3) is 12.4. The van der Waals surface area contributed by atoms with Crippen molar-refractivity contribution in [2.24, 2.45) is 5.73 Å². The highest BCUT2D eigenvalue weighted by molar-refractivity contribution is 7.80. The number of esters is 1. The Kier molecular flexibility index (Phi) is 17.8. The quantitative estimate of drug-likeness (QED) is 0.0428. The van der Waals surface area contributed by atoms with E-state index in [4.69, 9.17) is 65.3 Å². The van der Waals surface area contributed by atoms with Gasteiger partial charge in [-0.25, -0.2) is 4.79 Å². The van der Waals surface area contributed by atoms with Gasteiger partial charge in [0.05, 0.1) is 111 Å². The smallest absolute Gasteiger partial charge is 0.340 e. The molecule has 6 N–H and O–H groups in total. The molecule has 0 aromatic heterocycles. The summed E-state index contributed by atoms with van der Waals surface area (Å²) in [6, 6.07) is 14.5. The summed E-state index contributed by atoms with van der Waals surface area (Å²) in [5, 5.41) is 26.8. The molecule has 3 aromatic rings. The number of benzene rings is 3. The molecule has 0 bridgehead atoms. The molecule has 17 heteroatoms. The number of carbonyl (C=O) groups excluding carboxylic acids is 1. The topological polar surface area (TPSA) is 200 Å².